The lowest BCUT2D eigenvalue weighted by molar-refractivity contribution is -0.0701. The van der Waals surface area contributed by atoms with E-state index in [9.17, 15) is 0 Å². The lowest BCUT2D eigenvalue weighted by atomic mass is 9.96. The van der Waals surface area contributed by atoms with Gasteiger partial charge in [0.05, 0.1) is 38.6 Å². The summed E-state index contributed by atoms with van der Waals surface area (Å²) in [5.41, 5.74) is 5.62. The quantitative estimate of drug-likeness (QED) is 0.533. The molecule has 5 nitrogen and oxygen atoms in total. The van der Waals surface area contributed by atoms with Crippen LogP contribution in [0, 0.1) is 5.92 Å². The van der Waals surface area contributed by atoms with Gasteiger partial charge in [-0.1, -0.05) is 6.92 Å². The summed E-state index contributed by atoms with van der Waals surface area (Å²) in [5.74, 6) is 0.294. The first-order valence-corrected chi connectivity index (χ1v) is 6.58. The monoisotopic (exact) mass is 263 g/mol. The van der Waals surface area contributed by atoms with Gasteiger partial charge in [-0.25, -0.2) is 0 Å². The van der Waals surface area contributed by atoms with Crippen molar-refractivity contribution in [3.8, 4) is 0 Å². The van der Waals surface area contributed by atoms with Gasteiger partial charge >= 0.3 is 0 Å². The molecule has 18 heavy (non-hydrogen) atoms. The van der Waals surface area contributed by atoms with Gasteiger partial charge in [0, 0.05) is 20.1 Å². The normalized spacial score (nSPS) is 16.5. The fraction of sp³-hybridized carbons (Fsp3) is 1.00. The number of rotatable bonds is 12. The molecule has 3 atom stereocenters. The minimum Gasteiger partial charge on any atom is -0.382 e. The maximum Gasteiger partial charge on any atom is 0.0704 e. The summed E-state index contributed by atoms with van der Waals surface area (Å²) in [6.45, 7) is 7.22. The van der Waals surface area contributed by atoms with Gasteiger partial charge in [0.25, 0.3) is 0 Å². The highest BCUT2D eigenvalue weighted by Gasteiger charge is 2.23. The van der Waals surface area contributed by atoms with Gasteiger partial charge in [-0.3, -0.25) is 0 Å². The summed E-state index contributed by atoms with van der Waals surface area (Å²) in [6.07, 6.45) is 1.07. The molecule has 0 heterocycles. The van der Waals surface area contributed by atoms with E-state index in [4.69, 9.17) is 24.7 Å². The molecule has 0 aromatic carbocycles. The molecule has 0 amide bonds. The second kappa shape index (κ2) is 11.9. The standard InChI is InChI=1S/C13H29NO4/c1-11(12(2)17-9-7-15-3)13(5-6-14)18-10-8-16-4/h11-13H,5-10,14H2,1-4H3. The number of methoxy groups -OCH3 is 2. The molecule has 0 spiro atoms. The van der Waals surface area contributed by atoms with Crippen molar-refractivity contribution in [2.75, 3.05) is 47.2 Å². The second-order valence-corrected chi connectivity index (χ2v) is 4.41. The van der Waals surface area contributed by atoms with Crippen LogP contribution in [0.4, 0.5) is 0 Å². The molecule has 2 N–H and O–H groups in total. The van der Waals surface area contributed by atoms with Gasteiger partial charge in [0.15, 0.2) is 0 Å². The van der Waals surface area contributed by atoms with Crippen LogP contribution in [0.5, 0.6) is 0 Å². The zero-order valence-corrected chi connectivity index (χ0v) is 12.2. The predicted molar refractivity (Wildman–Crippen MR) is 71.7 cm³/mol. The van der Waals surface area contributed by atoms with Gasteiger partial charge in [-0.05, 0) is 19.9 Å². The second-order valence-electron chi connectivity index (χ2n) is 4.41. The number of hydrogen-bond acceptors (Lipinski definition) is 5. The third kappa shape index (κ3) is 8.00. The first-order valence-electron chi connectivity index (χ1n) is 6.58. The van der Waals surface area contributed by atoms with E-state index in [0.717, 1.165) is 6.42 Å². The van der Waals surface area contributed by atoms with Gasteiger partial charge in [0.2, 0.25) is 0 Å². The Balaban J connectivity index is 4.04. The van der Waals surface area contributed by atoms with Crippen molar-refractivity contribution in [3.63, 3.8) is 0 Å². The largest absolute Gasteiger partial charge is 0.382 e. The lowest BCUT2D eigenvalue weighted by Crippen LogP contribution is -2.34. The van der Waals surface area contributed by atoms with Crippen LogP contribution in [0.25, 0.3) is 0 Å². The Morgan fingerprint density at radius 3 is 1.94 bits per heavy atom. The fourth-order valence-electron chi connectivity index (χ4n) is 1.72. The Morgan fingerprint density at radius 1 is 0.889 bits per heavy atom. The Bertz CT molecular complexity index is 180. The van der Waals surface area contributed by atoms with Crippen LogP contribution in [0.2, 0.25) is 0 Å². The highest BCUT2D eigenvalue weighted by atomic mass is 16.5. The third-order valence-electron chi connectivity index (χ3n) is 3.07. The fourth-order valence-corrected chi connectivity index (χ4v) is 1.72. The average Bonchev–Trinajstić information content (AvgIpc) is 2.37. The Morgan fingerprint density at radius 2 is 1.44 bits per heavy atom. The van der Waals surface area contributed by atoms with Gasteiger partial charge in [-0.15, -0.1) is 0 Å². The topological polar surface area (TPSA) is 62.9 Å². The lowest BCUT2D eigenvalue weighted by Gasteiger charge is -2.28. The van der Waals surface area contributed by atoms with Crippen LogP contribution in [0.3, 0.4) is 0 Å². The predicted octanol–water partition coefficient (Wildman–Crippen LogP) is 1.05. The van der Waals surface area contributed by atoms with Crippen LogP contribution in [-0.2, 0) is 18.9 Å². The molecule has 0 radical (unpaired) electrons. The smallest absolute Gasteiger partial charge is 0.0704 e. The molecule has 5 heteroatoms. The van der Waals surface area contributed by atoms with Crippen molar-refractivity contribution in [1.29, 1.82) is 0 Å². The minimum absolute atomic E-state index is 0.114. The molecule has 0 fully saturated rings. The van der Waals surface area contributed by atoms with Crippen LogP contribution < -0.4 is 5.73 Å². The van der Waals surface area contributed by atoms with E-state index < -0.39 is 0 Å². The van der Waals surface area contributed by atoms with E-state index >= 15 is 0 Å². The SMILES string of the molecule is COCCOC(C)C(C)C(CCN)OCCOC. The summed E-state index contributed by atoms with van der Waals surface area (Å²) in [6, 6.07) is 0. The number of hydrogen-bond donors (Lipinski definition) is 1. The van der Waals surface area contributed by atoms with E-state index in [1.807, 2.05) is 0 Å². The van der Waals surface area contributed by atoms with E-state index in [1.54, 1.807) is 14.2 Å². The summed E-state index contributed by atoms with van der Waals surface area (Å²) in [7, 11) is 3.34. The van der Waals surface area contributed by atoms with E-state index in [1.165, 1.54) is 0 Å². The Labute approximate surface area is 111 Å². The molecule has 0 aromatic rings. The van der Waals surface area contributed by atoms with Crippen molar-refractivity contribution in [2.45, 2.75) is 32.5 Å². The zero-order chi connectivity index (χ0) is 13.8. The highest BCUT2D eigenvalue weighted by molar-refractivity contribution is 4.73. The molecule has 0 rings (SSSR count). The molecule has 110 valence electrons. The van der Waals surface area contributed by atoms with Crippen molar-refractivity contribution in [3.05, 3.63) is 0 Å². The maximum absolute atomic E-state index is 5.80. The van der Waals surface area contributed by atoms with Crippen molar-refractivity contribution in [1.82, 2.24) is 0 Å². The Hall–Kier alpha value is -0.200. The molecule has 0 aliphatic carbocycles. The number of nitrogens with two attached hydrogens (primary N) is 1. The summed E-state index contributed by atoms with van der Waals surface area (Å²) in [5, 5.41) is 0. The van der Waals surface area contributed by atoms with Crippen LogP contribution in [-0.4, -0.2) is 59.4 Å². The van der Waals surface area contributed by atoms with Crippen LogP contribution in [0.1, 0.15) is 20.3 Å². The number of ether oxygens (including phenoxy) is 4. The average molecular weight is 263 g/mol. The molecule has 0 saturated heterocycles. The zero-order valence-electron chi connectivity index (χ0n) is 12.2. The van der Waals surface area contributed by atoms with E-state index in [-0.39, 0.29) is 12.2 Å². The molecule has 0 aliphatic rings. The molecule has 0 aromatic heterocycles. The molecular weight excluding hydrogens is 234 g/mol. The van der Waals surface area contributed by atoms with Gasteiger partial charge < -0.3 is 24.7 Å². The molecular formula is C13H29NO4. The first kappa shape index (κ1) is 17.8. The first-order chi connectivity index (χ1) is 8.67. The van der Waals surface area contributed by atoms with E-state index in [2.05, 4.69) is 13.8 Å². The van der Waals surface area contributed by atoms with Crippen LogP contribution >= 0.6 is 0 Å². The van der Waals surface area contributed by atoms with Crippen molar-refractivity contribution >= 4 is 0 Å². The summed E-state index contributed by atoms with van der Waals surface area (Å²) >= 11 is 0. The molecule has 3 unspecified atom stereocenters. The van der Waals surface area contributed by atoms with Crippen molar-refractivity contribution < 1.29 is 18.9 Å². The van der Waals surface area contributed by atoms with Gasteiger partial charge in [-0.2, -0.15) is 0 Å². The van der Waals surface area contributed by atoms with Crippen LogP contribution in [0.15, 0.2) is 0 Å². The molecule has 0 aliphatic heterocycles. The maximum atomic E-state index is 5.80. The molecule has 0 bridgehead atoms. The summed E-state index contributed by atoms with van der Waals surface area (Å²) in [4.78, 5) is 0. The van der Waals surface area contributed by atoms with Gasteiger partial charge in [0.1, 0.15) is 0 Å². The highest BCUT2D eigenvalue weighted by Crippen LogP contribution is 2.17. The minimum atomic E-state index is 0.114. The third-order valence-corrected chi connectivity index (χ3v) is 3.07. The van der Waals surface area contributed by atoms with E-state index in [0.29, 0.717) is 38.9 Å². The molecule has 0 saturated carbocycles. The summed E-state index contributed by atoms with van der Waals surface area (Å²) < 4.78 is 21.4. The van der Waals surface area contributed by atoms with Crippen molar-refractivity contribution in [2.24, 2.45) is 11.7 Å². The Kier molecular flexibility index (Phi) is 11.7.